The van der Waals surface area contributed by atoms with Crippen LogP contribution < -0.4 is 10.1 Å². The lowest BCUT2D eigenvalue weighted by molar-refractivity contribution is -0.137. The Labute approximate surface area is 134 Å². The van der Waals surface area contributed by atoms with Crippen molar-refractivity contribution in [3.05, 3.63) is 24.3 Å². The van der Waals surface area contributed by atoms with Crippen LogP contribution in [0.4, 0.5) is 5.69 Å². The minimum Gasteiger partial charge on any atom is -0.493 e. The molecule has 0 radical (unpaired) electrons. The van der Waals surface area contributed by atoms with Crippen LogP contribution in [0.1, 0.15) is 41.0 Å². The van der Waals surface area contributed by atoms with Crippen molar-refractivity contribution in [2.24, 2.45) is 11.8 Å². The van der Waals surface area contributed by atoms with E-state index in [0.29, 0.717) is 24.9 Å². The minimum atomic E-state index is -0.818. The van der Waals surface area contributed by atoms with Crippen LogP contribution in [0, 0.1) is 11.8 Å². The summed E-state index contributed by atoms with van der Waals surface area (Å²) < 4.78 is 11.1. The van der Waals surface area contributed by atoms with Crippen molar-refractivity contribution in [1.82, 2.24) is 0 Å². The van der Waals surface area contributed by atoms with Crippen LogP contribution in [-0.4, -0.2) is 25.2 Å². The molecular formula is C18H29NO3. The first-order valence-corrected chi connectivity index (χ1v) is 7.86. The van der Waals surface area contributed by atoms with Gasteiger partial charge in [-0.25, -0.2) is 0 Å². The fourth-order valence-corrected chi connectivity index (χ4v) is 2.21. The molecule has 4 heteroatoms. The minimum absolute atomic E-state index is 0.125. The summed E-state index contributed by atoms with van der Waals surface area (Å²) in [6.07, 6.45) is 0.672. The van der Waals surface area contributed by atoms with E-state index in [1.54, 1.807) is 7.11 Å². The molecule has 1 aromatic carbocycles. The number of benzene rings is 1. The van der Waals surface area contributed by atoms with Gasteiger partial charge >= 0.3 is 0 Å². The van der Waals surface area contributed by atoms with Gasteiger partial charge in [-0.3, -0.25) is 4.79 Å². The zero-order chi connectivity index (χ0) is 16.8. The average molecular weight is 307 g/mol. The molecule has 1 unspecified atom stereocenters. The molecule has 4 nitrogen and oxygen atoms in total. The van der Waals surface area contributed by atoms with Gasteiger partial charge in [0.25, 0.3) is 5.91 Å². The van der Waals surface area contributed by atoms with Gasteiger partial charge in [0.05, 0.1) is 6.61 Å². The third-order valence-electron chi connectivity index (χ3n) is 3.42. The largest absolute Gasteiger partial charge is 0.493 e. The molecule has 0 heterocycles. The van der Waals surface area contributed by atoms with Crippen LogP contribution in [0.3, 0.4) is 0 Å². The molecule has 0 aliphatic carbocycles. The molecule has 0 saturated carbocycles. The fourth-order valence-electron chi connectivity index (χ4n) is 2.21. The van der Waals surface area contributed by atoms with E-state index in [2.05, 4.69) is 33.0 Å². The molecule has 22 heavy (non-hydrogen) atoms. The number of hydrogen-bond acceptors (Lipinski definition) is 3. The monoisotopic (exact) mass is 307 g/mol. The van der Waals surface area contributed by atoms with Crippen LogP contribution in [0.5, 0.6) is 5.75 Å². The molecule has 124 valence electrons. The Balaban J connectivity index is 2.67. The molecule has 0 saturated heterocycles. The summed E-state index contributed by atoms with van der Waals surface area (Å²) in [5.74, 6) is 1.54. The quantitative estimate of drug-likeness (QED) is 0.786. The summed E-state index contributed by atoms with van der Waals surface area (Å²) in [7, 11) is 1.57. The SMILES string of the molecule is COC(C)(CC(C)C)C(=O)Nc1ccc(OCC(C)C)cc1. The Hall–Kier alpha value is -1.55. The van der Waals surface area contributed by atoms with Crippen LogP contribution in [0.2, 0.25) is 0 Å². The smallest absolute Gasteiger partial charge is 0.256 e. The van der Waals surface area contributed by atoms with Crippen LogP contribution >= 0.6 is 0 Å². The second-order valence-electron chi connectivity index (χ2n) is 6.72. The zero-order valence-electron chi connectivity index (χ0n) is 14.6. The number of amides is 1. The number of methoxy groups -OCH3 is 1. The lowest BCUT2D eigenvalue weighted by atomic mass is 9.93. The first-order chi connectivity index (χ1) is 10.3. The van der Waals surface area contributed by atoms with Gasteiger partial charge in [-0.05, 0) is 49.4 Å². The van der Waals surface area contributed by atoms with Gasteiger partial charge in [-0.1, -0.05) is 27.7 Å². The third kappa shape index (κ3) is 5.68. The Bertz CT molecular complexity index is 468. The van der Waals surface area contributed by atoms with Crippen molar-refractivity contribution in [3.63, 3.8) is 0 Å². The number of anilines is 1. The maximum absolute atomic E-state index is 12.4. The molecule has 0 aromatic heterocycles. The lowest BCUT2D eigenvalue weighted by Gasteiger charge is -2.28. The van der Waals surface area contributed by atoms with Gasteiger partial charge in [-0.2, -0.15) is 0 Å². The Morgan fingerprint density at radius 1 is 1.14 bits per heavy atom. The van der Waals surface area contributed by atoms with Gasteiger partial charge in [0.2, 0.25) is 0 Å². The summed E-state index contributed by atoms with van der Waals surface area (Å²) in [5.41, 5.74) is -0.0741. The van der Waals surface area contributed by atoms with Crippen LogP contribution in [0.15, 0.2) is 24.3 Å². The first-order valence-electron chi connectivity index (χ1n) is 7.86. The predicted molar refractivity (Wildman–Crippen MR) is 90.3 cm³/mol. The zero-order valence-corrected chi connectivity index (χ0v) is 14.6. The molecule has 1 N–H and O–H groups in total. The standard InChI is InChI=1S/C18H29NO3/c1-13(2)11-18(5,21-6)17(20)19-15-7-9-16(10-8-15)22-12-14(3)4/h7-10,13-14H,11-12H2,1-6H3,(H,19,20). The second kappa shape index (κ2) is 8.18. The Morgan fingerprint density at radius 2 is 1.73 bits per heavy atom. The van der Waals surface area contributed by atoms with E-state index in [9.17, 15) is 4.79 Å². The van der Waals surface area contributed by atoms with Gasteiger partial charge in [-0.15, -0.1) is 0 Å². The van der Waals surface area contributed by atoms with Crippen molar-refractivity contribution in [2.45, 2.75) is 46.6 Å². The fraction of sp³-hybridized carbons (Fsp3) is 0.611. The second-order valence-corrected chi connectivity index (χ2v) is 6.72. The van der Waals surface area contributed by atoms with E-state index in [1.165, 1.54) is 0 Å². The highest BCUT2D eigenvalue weighted by Gasteiger charge is 2.33. The average Bonchev–Trinajstić information content (AvgIpc) is 2.45. The number of ether oxygens (including phenoxy) is 2. The van der Waals surface area contributed by atoms with Gasteiger partial charge < -0.3 is 14.8 Å². The van der Waals surface area contributed by atoms with Crippen LogP contribution in [0.25, 0.3) is 0 Å². The maximum atomic E-state index is 12.4. The number of carbonyl (C=O) groups is 1. The molecule has 0 aliphatic heterocycles. The molecular weight excluding hydrogens is 278 g/mol. The first kappa shape index (κ1) is 18.5. The maximum Gasteiger partial charge on any atom is 0.256 e. The molecule has 1 aromatic rings. The van der Waals surface area contributed by atoms with Gasteiger partial charge in [0, 0.05) is 12.8 Å². The summed E-state index contributed by atoms with van der Waals surface area (Å²) >= 11 is 0. The summed E-state index contributed by atoms with van der Waals surface area (Å²) in [6.45, 7) is 10.9. The lowest BCUT2D eigenvalue weighted by Crippen LogP contribution is -2.43. The van der Waals surface area contributed by atoms with Crippen LogP contribution in [-0.2, 0) is 9.53 Å². The normalized spacial score (nSPS) is 14.0. The van der Waals surface area contributed by atoms with Crippen molar-refractivity contribution < 1.29 is 14.3 Å². The van der Waals surface area contributed by atoms with E-state index >= 15 is 0 Å². The third-order valence-corrected chi connectivity index (χ3v) is 3.42. The molecule has 1 rings (SSSR count). The van der Waals surface area contributed by atoms with Crippen molar-refractivity contribution >= 4 is 11.6 Å². The summed E-state index contributed by atoms with van der Waals surface area (Å²) in [4.78, 5) is 12.4. The van der Waals surface area contributed by atoms with E-state index in [0.717, 1.165) is 11.4 Å². The van der Waals surface area contributed by atoms with Gasteiger partial charge in [0.15, 0.2) is 0 Å². The molecule has 0 bridgehead atoms. The highest BCUT2D eigenvalue weighted by molar-refractivity contribution is 5.97. The topological polar surface area (TPSA) is 47.6 Å². The Kier molecular flexibility index (Phi) is 6.88. The molecule has 0 spiro atoms. The van der Waals surface area contributed by atoms with Crippen molar-refractivity contribution in [1.29, 1.82) is 0 Å². The highest BCUT2D eigenvalue weighted by Crippen LogP contribution is 2.23. The van der Waals surface area contributed by atoms with E-state index in [4.69, 9.17) is 9.47 Å². The van der Waals surface area contributed by atoms with E-state index < -0.39 is 5.60 Å². The highest BCUT2D eigenvalue weighted by atomic mass is 16.5. The number of nitrogens with one attached hydrogen (secondary N) is 1. The molecule has 0 fully saturated rings. The summed E-state index contributed by atoms with van der Waals surface area (Å²) in [6, 6.07) is 7.42. The number of carbonyl (C=O) groups excluding carboxylic acids is 1. The summed E-state index contributed by atoms with van der Waals surface area (Å²) in [5, 5.41) is 2.91. The molecule has 1 amide bonds. The van der Waals surface area contributed by atoms with Gasteiger partial charge in [0.1, 0.15) is 11.4 Å². The van der Waals surface area contributed by atoms with E-state index in [-0.39, 0.29) is 5.91 Å². The number of rotatable bonds is 8. The number of hydrogen-bond donors (Lipinski definition) is 1. The predicted octanol–water partition coefficient (Wildman–Crippen LogP) is 4.11. The molecule has 0 aliphatic rings. The Morgan fingerprint density at radius 3 is 2.18 bits per heavy atom. The van der Waals surface area contributed by atoms with Crippen molar-refractivity contribution in [3.8, 4) is 5.75 Å². The van der Waals surface area contributed by atoms with E-state index in [1.807, 2.05) is 31.2 Å². The van der Waals surface area contributed by atoms with Crippen molar-refractivity contribution in [2.75, 3.05) is 19.0 Å². The molecule has 1 atom stereocenters.